The summed E-state index contributed by atoms with van der Waals surface area (Å²) in [4.78, 5) is 24.1. The number of ether oxygens (including phenoxy) is 1. The Hall–Kier alpha value is -3.34. The number of nitrogens with zero attached hydrogens (tertiary/aromatic N) is 1. The van der Waals surface area contributed by atoms with Crippen molar-refractivity contribution in [2.45, 2.75) is 13.8 Å². The van der Waals surface area contributed by atoms with Gasteiger partial charge in [-0.25, -0.2) is 0 Å². The zero-order valence-electron chi connectivity index (χ0n) is 14.9. The van der Waals surface area contributed by atoms with Crippen LogP contribution in [-0.2, 0) is 7.05 Å². The molecule has 0 aliphatic carbocycles. The molecular formula is C21H20N2O3. The van der Waals surface area contributed by atoms with Gasteiger partial charge in [-0.1, -0.05) is 24.3 Å². The maximum absolute atomic E-state index is 12.6. The van der Waals surface area contributed by atoms with Gasteiger partial charge in [0, 0.05) is 18.8 Å². The Labute approximate surface area is 152 Å². The lowest BCUT2D eigenvalue weighted by atomic mass is 10.2. The fourth-order valence-electron chi connectivity index (χ4n) is 2.63. The van der Waals surface area contributed by atoms with Gasteiger partial charge in [-0.05, 0) is 49.7 Å². The van der Waals surface area contributed by atoms with Gasteiger partial charge < -0.3 is 14.6 Å². The van der Waals surface area contributed by atoms with Crippen LogP contribution in [0.3, 0.4) is 0 Å². The van der Waals surface area contributed by atoms with Crippen molar-refractivity contribution in [2.75, 3.05) is 5.32 Å². The molecule has 0 radical (unpaired) electrons. The van der Waals surface area contributed by atoms with E-state index >= 15 is 0 Å². The standard InChI is InChI=1S/C21H20N2O3/c1-14-7-6-8-17(11-14)26-20-10-5-4-9-18(20)22-21(25)19-12-16(15(2)24)13-23(19)3/h4-13H,1-3H3,(H,22,25). The van der Waals surface area contributed by atoms with Crippen molar-refractivity contribution in [3.05, 3.63) is 77.6 Å². The SMILES string of the molecule is CC(=O)c1cc(C(=O)Nc2ccccc2Oc2cccc(C)c2)n(C)c1. The first-order valence-corrected chi connectivity index (χ1v) is 8.26. The van der Waals surface area contributed by atoms with Crippen LogP contribution >= 0.6 is 0 Å². The number of aryl methyl sites for hydroxylation is 2. The molecule has 0 fully saturated rings. The van der Waals surface area contributed by atoms with Gasteiger partial charge in [0.05, 0.1) is 5.69 Å². The summed E-state index contributed by atoms with van der Waals surface area (Å²) in [6.07, 6.45) is 1.65. The summed E-state index contributed by atoms with van der Waals surface area (Å²) in [5.74, 6) is 0.861. The summed E-state index contributed by atoms with van der Waals surface area (Å²) in [5.41, 5.74) is 2.55. The number of rotatable bonds is 5. The average Bonchev–Trinajstić information content (AvgIpc) is 2.99. The number of anilines is 1. The zero-order chi connectivity index (χ0) is 18.7. The van der Waals surface area contributed by atoms with E-state index < -0.39 is 0 Å². The van der Waals surface area contributed by atoms with E-state index in [1.807, 2.05) is 43.3 Å². The van der Waals surface area contributed by atoms with Crippen LogP contribution in [-0.4, -0.2) is 16.3 Å². The van der Waals surface area contributed by atoms with Gasteiger partial charge in [0.1, 0.15) is 11.4 Å². The van der Waals surface area contributed by atoms with Crippen LogP contribution in [0.1, 0.15) is 33.3 Å². The summed E-state index contributed by atoms with van der Waals surface area (Å²) >= 11 is 0. The molecule has 0 spiro atoms. The second-order valence-corrected chi connectivity index (χ2v) is 6.15. The van der Waals surface area contributed by atoms with Gasteiger partial charge in [-0.15, -0.1) is 0 Å². The third-order valence-corrected chi connectivity index (χ3v) is 4.00. The number of Topliss-reactive ketones (excluding diaryl/α,β-unsaturated/α-hetero) is 1. The number of nitrogens with one attached hydrogen (secondary N) is 1. The summed E-state index contributed by atoms with van der Waals surface area (Å²) in [6, 6.07) is 16.5. The Morgan fingerprint density at radius 1 is 1.04 bits per heavy atom. The van der Waals surface area contributed by atoms with E-state index in [1.54, 1.807) is 36.0 Å². The van der Waals surface area contributed by atoms with Crippen molar-refractivity contribution in [3.8, 4) is 11.5 Å². The highest BCUT2D eigenvalue weighted by atomic mass is 16.5. The predicted octanol–water partition coefficient (Wildman–Crippen LogP) is 4.58. The van der Waals surface area contributed by atoms with Crippen LogP contribution in [0.2, 0.25) is 0 Å². The molecule has 26 heavy (non-hydrogen) atoms. The molecule has 5 heteroatoms. The second-order valence-electron chi connectivity index (χ2n) is 6.15. The molecule has 0 atom stereocenters. The van der Waals surface area contributed by atoms with Gasteiger partial charge in [0.25, 0.3) is 5.91 Å². The highest BCUT2D eigenvalue weighted by molar-refractivity contribution is 6.06. The molecule has 132 valence electrons. The Balaban J connectivity index is 1.84. The molecule has 0 saturated heterocycles. The molecule has 1 amide bonds. The number of hydrogen-bond acceptors (Lipinski definition) is 3. The van der Waals surface area contributed by atoms with Crippen LogP contribution in [0.15, 0.2) is 60.8 Å². The molecular weight excluding hydrogens is 328 g/mol. The maximum Gasteiger partial charge on any atom is 0.272 e. The van der Waals surface area contributed by atoms with E-state index in [9.17, 15) is 9.59 Å². The van der Waals surface area contributed by atoms with Crippen molar-refractivity contribution in [3.63, 3.8) is 0 Å². The summed E-state index contributed by atoms with van der Waals surface area (Å²) < 4.78 is 7.56. The van der Waals surface area contributed by atoms with E-state index in [1.165, 1.54) is 6.92 Å². The van der Waals surface area contributed by atoms with Crippen LogP contribution in [0.5, 0.6) is 11.5 Å². The Bertz CT molecular complexity index is 973. The highest BCUT2D eigenvalue weighted by Gasteiger charge is 2.16. The van der Waals surface area contributed by atoms with Crippen molar-refractivity contribution >= 4 is 17.4 Å². The first kappa shape index (κ1) is 17.5. The molecule has 2 aromatic carbocycles. The smallest absolute Gasteiger partial charge is 0.272 e. The van der Waals surface area contributed by atoms with E-state index in [0.29, 0.717) is 28.4 Å². The summed E-state index contributed by atoms with van der Waals surface area (Å²) in [6.45, 7) is 3.46. The minimum absolute atomic E-state index is 0.0807. The number of carbonyl (C=O) groups excluding carboxylic acids is 2. The normalized spacial score (nSPS) is 10.4. The number of para-hydroxylation sites is 2. The molecule has 0 saturated carbocycles. The van der Waals surface area contributed by atoms with E-state index in [4.69, 9.17) is 4.74 Å². The minimum Gasteiger partial charge on any atom is -0.455 e. The fraction of sp³-hybridized carbons (Fsp3) is 0.143. The third kappa shape index (κ3) is 3.83. The lowest BCUT2D eigenvalue weighted by molar-refractivity contribution is 0.101. The number of aromatic nitrogens is 1. The van der Waals surface area contributed by atoms with Gasteiger partial charge in [0.2, 0.25) is 0 Å². The summed E-state index contributed by atoms with van der Waals surface area (Å²) in [7, 11) is 1.73. The third-order valence-electron chi connectivity index (χ3n) is 4.00. The lowest BCUT2D eigenvalue weighted by Crippen LogP contribution is -2.15. The number of hydrogen-bond donors (Lipinski definition) is 1. The molecule has 1 heterocycles. The quantitative estimate of drug-likeness (QED) is 0.687. The van der Waals surface area contributed by atoms with E-state index in [0.717, 1.165) is 5.56 Å². The predicted molar refractivity (Wildman–Crippen MR) is 101 cm³/mol. The number of benzene rings is 2. The molecule has 5 nitrogen and oxygen atoms in total. The zero-order valence-corrected chi connectivity index (χ0v) is 14.9. The second kappa shape index (κ2) is 7.27. The number of carbonyl (C=O) groups is 2. The van der Waals surface area contributed by atoms with Gasteiger partial charge >= 0.3 is 0 Å². The van der Waals surface area contributed by atoms with Crippen LogP contribution in [0.4, 0.5) is 5.69 Å². The first-order chi connectivity index (χ1) is 12.4. The van der Waals surface area contributed by atoms with Gasteiger partial charge in [-0.3, -0.25) is 9.59 Å². The Morgan fingerprint density at radius 2 is 1.81 bits per heavy atom. The fourth-order valence-corrected chi connectivity index (χ4v) is 2.63. The van der Waals surface area contributed by atoms with Gasteiger partial charge in [0.15, 0.2) is 11.5 Å². The van der Waals surface area contributed by atoms with Crippen molar-refractivity contribution in [1.82, 2.24) is 4.57 Å². The molecule has 3 aromatic rings. The van der Waals surface area contributed by atoms with Gasteiger partial charge in [-0.2, -0.15) is 0 Å². The van der Waals surface area contributed by atoms with E-state index in [-0.39, 0.29) is 11.7 Å². The molecule has 0 aliphatic rings. The van der Waals surface area contributed by atoms with Crippen LogP contribution in [0.25, 0.3) is 0 Å². The first-order valence-electron chi connectivity index (χ1n) is 8.26. The average molecular weight is 348 g/mol. The number of ketones is 1. The van der Waals surface area contributed by atoms with E-state index in [2.05, 4.69) is 5.32 Å². The van der Waals surface area contributed by atoms with Crippen LogP contribution in [0, 0.1) is 6.92 Å². The molecule has 3 rings (SSSR count). The largest absolute Gasteiger partial charge is 0.455 e. The molecule has 0 aliphatic heterocycles. The van der Waals surface area contributed by atoms with Crippen molar-refractivity contribution < 1.29 is 14.3 Å². The molecule has 0 unspecified atom stereocenters. The maximum atomic E-state index is 12.6. The summed E-state index contributed by atoms with van der Waals surface area (Å²) in [5, 5.41) is 2.86. The molecule has 1 aromatic heterocycles. The topological polar surface area (TPSA) is 60.3 Å². The van der Waals surface area contributed by atoms with Crippen molar-refractivity contribution in [2.24, 2.45) is 7.05 Å². The monoisotopic (exact) mass is 348 g/mol. The number of amides is 1. The lowest BCUT2D eigenvalue weighted by Gasteiger charge is -2.12. The highest BCUT2D eigenvalue weighted by Crippen LogP contribution is 2.30. The Kier molecular flexibility index (Phi) is 4.89. The van der Waals surface area contributed by atoms with Crippen LogP contribution < -0.4 is 10.1 Å². The molecule has 1 N–H and O–H groups in total. The Morgan fingerprint density at radius 3 is 2.50 bits per heavy atom. The minimum atomic E-state index is -0.305. The van der Waals surface area contributed by atoms with Crippen molar-refractivity contribution in [1.29, 1.82) is 0 Å². The molecule has 0 bridgehead atoms.